The molecule has 6 heteroatoms. The summed E-state index contributed by atoms with van der Waals surface area (Å²) in [6, 6.07) is 20.9. The van der Waals surface area contributed by atoms with Crippen LogP contribution in [-0.4, -0.2) is 26.1 Å². The van der Waals surface area contributed by atoms with Gasteiger partial charge in [0.15, 0.2) is 0 Å². The summed E-state index contributed by atoms with van der Waals surface area (Å²) >= 11 is 0. The maximum atomic E-state index is 12.4. The van der Waals surface area contributed by atoms with Gasteiger partial charge in [0.1, 0.15) is 6.33 Å². The Morgan fingerprint density at radius 3 is 2.46 bits per heavy atom. The van der Waals surface area contributed by atoms with Gasteiger partial charge in [-0.1, -0.05) is 30.3 Å². The molecule has 116 valence electrons. The lowest BCUT2D eigenvalue weighted by Gasteiger charge is -2.07. The Bertz CT molecular complexity index is 994. The van der Waals surface area contributed by atoms with Gasteiger partial charge in [-0.2, -0.15) is 0 Å². The average Bonchev–Trinajstić information content (AvgIpc) is 3.16. The van der Waals surface area contributed by atoms with Gasteiger partial charge < -0.3 is 5.32 Å². The van der Waals surface area contributed by atoms with E-state index < -0.39 is 0 Å². The second kappa shape index (κ2) is 5.92. The molecule has 0 aliphatic heterocycles. The Hall–Kier alpha value is -3.54. The lowest BCUT2D eigenvalue weighted by Crippen LogP contribution is -2.11. The van der Waals surface area contributed by atoms with E-state index in [0.29, 0.717) is 11.3 Å². The fraction of sp³-hybridized carbons (Fsp3) is 0. The van der Waals surface area contributed by atoms with Crippen molar-refractivity contribution in [2.75, 3.05) is 5.32 Å². The van der Waals surface area contributed by atoms with Gasteiger partial charge in [-0.3, -0.25) is 4.79 Å². The SMILES string of the molecule is O=C(Nc1ccc(-n2cnnn2)cc1)c1ccc2ccccc2c1. The van der Waals surface area contributed by atoms with Crippen LogP contribution in [-0.2, 0) is 0 Å². The summed E-state index contributed by atoms with van der Waals surface area (Å²) in [7, 11) is 0. The second-order valence-electron chi connectivity index (χ2n) is 5.32. The van der Waals surface area contributed by atoms with Crippen molar-refractivity contribution in [3.05, 3.63) is 78.6 Å². The molecule has 4 aromatic rings. The van der Waals surface area contributed by atoms with Crippen LogP contribution in [0.25, 0.3) is 16.5 Å². The molecule has 0 saturated heterocycles. The molecule has 0 saturated carbocycles. The van der Waals surface area contributed by atoms with E-state index in [0.717, 1.165) is 16.5 Å². The first-order chi connectivity index (χ1) is 11.8. The van der Waals surface area contributed by atoms with Crippen molar-refractivity contribution in [2.45, 2.75) is 0 Å². The third kappa shape index (κ3) is 2.72. The monoisotopic (exact) mass is 315 g/mol. The van der Waals surface area contributed by atoms with Crippen molar-refractivity contribution in [1.29, 1.82) is 0 Å². The minimum atomic E-state index is -0.143. The summed E-state index contributed by atoms with van der Waals surface area (Å²) in [6.07, 6.45) is 1.52. The van der Waals surface area contributed by atoms with E-state index in [2.05, 4.69) is 20.8 Å². The van der Waals surface area contributed by atoms with Crippen LogP contribution in [0.5, 0.6) is 0 Å². The molecule has 1 aromatic heterocycles. The first-order valence-electron chi connectivity index (χ1n) is 7.43. The molecule has 0 atom stereocenters. The summed E-state index contributed by atoms with van der Waals surface area (Å²) in [4.78, 5) is 12.4. The van der Waals surface area contributed by atoms with Gasteiger partial charge in [-0.25, -0.2) is 4.68 Å². The van der Waals surface area contributed by atoms with Crippen molar-refractivity contribution < 1.29 is 4.79 Å². The van der Waals surface area contributed by atoms with Crippen molar-refractivity contribution in [1.82, 2.24) is 20.2 Å². The molecule has 1 amide bonds. The molecule has 3 aromatic carbocycles. The highest BCUT2D eigenvalue weighted by molar-refractivity contribution is 6.06. The molecule has 0 aliphatic carbocycles. The molecule has 24 heavy (non-hydrogen) atoms. The van der Waals surface area contributed by atoms with Gasteiger partial charge in [-0.05, 0) is 57.6 Å². The van der Waals surface area contributed by atoms with Crippen molar-refractivity contribution in [3.8, 4) is 5.69 Å². The molecule has 0 unspecified atom stereocenters. The molecule has 6 nitrogen and oxygen atoms in total. The molecule has 0 aliphatic rings. The molecule has 1 heterocycles. The van der Waals surface area contributed by atoms with Crippen molar-refractivity contribution >= 4 is 22.4 Å². The van der Waals surface area contributed by atoms with Crippen LogP contribution in [0.4, 0.5) is 5.69 Å². The Labute approximate surface area is 137 Å². The molecule has 4 rings (SSSR count). The van der Waals surface area contributed by atoms with Gasteiger partial charge in [-0.15, -0.1) is 5.10 Å². The Kier molecular flexibility index (Phi) is 3.47. The smallest absolute Gasteiger partial charge is 0.255 e. The number of hydrogen-bond acceptors (Lipinski definition) is 4. The fourth-order valence-corrected chi connectivity index (χ4v) is 2.51. The van der Waals surface area contributed by atoms with E-state index in [-0.39, 0.29) is 5.91 Å². The molecular weight excluding hydrogens is 302 g/mol. The second-order valence-corrected chi connectivity index (χ2v) is 5.32. The van der Waals surface area contributed by atoms with Gasteiger partial charge in [0.05, 0.1) is 5.69 Å². The predicted octanol–water partition coefficient (Wildman–Crippen LogP) is 3.07. The number of aromatic nitrogens is 4. The zero-order valence-electron chi connectivity index (χ0n) is 12.6. The highest BCUT2D eigenvalue weighted by Gasteiger charge is 2.07. The Morgan fingerprint density at radius 2 is 1.71 bits per heavy atom. The highest BCUT2D eigenvalue weighted by atomic mass is 16.1. The van der Waals surface area contributed by atoms with E-state index in [1.54, 1.807) is 4.68 Å². The number of nitrogens with zero attached hydrogens (tertiary/aromatic N) is 4. The highest BCUT2D eigenvalue weighted by Crippen LogP contribution is 2.17. The van der Waals surface area contributed by atoms with E-state index in [4.69, 9.17) is 0 Å². The number of amides is 1. The van der Waals surface area contributed by atoms with Crippen LogP contribution < -0.4 is 5.32 Å². The summed E-state index contributed by atoms with van der Waals surface area (Å²) in [5.41, 5.74) is 2.16. The molecular formula is C18H13N5O. The number of nitrogens with one attached hydrogen (secondary N) is 1. The fourth-order valence-electron chi connectivity index (χ4n) is 2.51. The largest absolute Gasteiger partial charge is 0.322 e. The molecule has 0 bridgehead atoms. The number of carbonyl (C=O) groups is 1. The standard InChI is InChI=1S/C18H13N5O/c24-18(15-6-5-13-3-1-2-4-14(13)11-15)20-16-7-9-17(10-8-16)23-12-19-21-22-23/h1-12H,(H,20,24). The Morgan fingerprint density at radius 1 is 0.917 bits per heavy atom. The topological polar surface area (TPSA) is 72.7 Å². The number of hydrogen-bond donors (Lipinski definition) is 1. The van der Waals surface area contributed by atoms with Crippen LogP contribution in [0.15, 0.2) is 73.1 Å². The predicted molar refractivity (Wildman–Crippen MR) is 91.1 cm³/mol. The van der Waals surface area contributed by atoms with E-state index in [1.165, 1.54) is 6.33 Å². The quantitative estimate of drug-likeness (QED) is 0.630. The lowest BCUT2D eigenvalue weighted by molar-refractivity contribution is 0.102. The molecule has 0 fully saturated rings. The molecule has 0 spiro atoms. The van der Waals surface area contributed by atoms with Gasteiger partial charge >= 0.3 is 0 Å². The lowest BCUT2D eigenvalue weighted by atomic mass is 10.1. The van der Waals surface area contributed by atoms with Crippen LogP contribution in [0.2, 0.25) is 0 Å². The first kappa shape index (κ1) is 14.1. The van der Waals surface area contributed by atoms with E-state index in [1.807, 2.05) is 66.7 Å². The Balaban J connectivity index is 1.54. The number of tetrazole rings is 1. The molecule has 1 N–H and O–H groups in total. The zero-order valence-corrected chi connectivity index (χ0v) is 12.6. The summed E-state index contributed by atoms with van der Waals surface area (Å²) in [6.45, 7) is 0. The number of fused-ring (bicyclic) bond motifs is 1. The normalized spacial score (nSPS) is 10.7. The number of benzene rings is 3. The average molecular weight is 315 g/mol. The first-order valence-corrected chi connectivity index (χ1v) is 7.43. The molecule has 0 radical (unpaired) electrons. The van der Waals surface area contributed by atoms with Crippen LogP contribution in [0, 0.1) is 0 Å². The van der Waals surface area contributed by atoms with Gasteiger partial charge in [0.25, 0.3) is 5.91 Å². The maximum Gasteiger partial charge on any atom is 0.255 e. The third-order valence-corrected chi connectivity index (χ3v) is 3.75. The maximum absolute atomic E-state index is 12.4. The van der Waals surface area contributed by atoms with Crippen LogP contribution >= 0.6 is 0 Å². The summed E-state index contributed by atoms with van der Waals surface area (Å²) in [5, 5.41) is 16.1. The number of anilines is 1. The number of carbonyl (C=O) groups excluding carboxylic acids is 1. The number of rotatable bonds is 3. The van der Waals surface area contributed by atoms with E-state index in [9.17, 15) is 4.79 Å². The third-order valence-electron chi connectivity index (χ3n) is 3.75. The van der Waals surface area contributed by atoms with Crippen LogP contribution in [0.1, 0.15) is 10.4 Å². The van der Waals surface area contributed by atoms with Crippen molar-refractivity contribution in [3.63, 3.8) is 0 Å². The summed E-state index contributed by atoms with van der Waals surface area (Å²) in [5.74, 6) is -0.143. The van der Waals surface area contributed by atoms with Crippen molar-refractivity contribution in [2.24, 2.45) is 0 Å². The van der Waals surface area contributed by atoms with Gasteiger partial charge in [0.2, 0.25) is 0 Å². The van der Waals surface area contributed by atoms with Gasteiger partial charge in [0, 0.05) is 11.3 Å². The minimum absolute atomic E-state index is 0.143. The minimum Gasteiger partial charge on any atom is -0.322 e. The zero-order chi connectivity index (χ0) is 16.4. The summed E-state index contributed by atoms with van der Waals surface area (Å²) < 4.78 is 1.55. The van der Waals surface area contributed by atoms with Crippen LogP contribution in [0.3, 0.4) is 0 Å². The van der Waals surface area contributed by atoms with E-state index >= 15 is 0 Å².